The van der Waals surface area contributed by atoms with Crippen LogP contribution in [-0.2, 0) is 32.2 Å². The van der Waals surface area contributed by atoms with Gasteiger partial charge >= 0.3 is 11.9 Å². The number of rotatable bonds is 8. The van der Waals surface area contributed by atoms with Crippen molar-refractivity contribution in [3.63, 3.8) is 0 Å². The molecule has 1 N–H and O–H groups in total. The van der Waals surface area contributed by atoms with Crippen LogP contribution < -0.4 is 0 Å². The molecule has 1 unspecified atom stereocenters. The van der Waals surface area contributed by atoms with Gasteiger partial charge in [-0.25, -0.2) is 4.79 Å². The summed E-state index contributed by atoms with van der Waals surface area (Å²) in [5, 5.41) is 9.41. The molecule has 2 aliphatic heterocycles. The van der Waals surface area contributed by atoms with Gasteiger partial charge in [0.05, 0.1) is 11.4 Å². The number of ether oxygens (including phenoxy) is 1. The van der Waals surface area contributed by atoms with E-state index in [4.69, 9.17) is 4.74 Å². The van der Waals surface area contributed by atoms with Crippen LogP contribution >= 0.6 is 11.8 Å². The molecule has 10 heteroatoms. The molecule has 166 valence electrons. The van der Waals surface area contributed by atoms with Gasteiger partial charge in [-0.05, 0) is 24.3 Å². The largest absolute Gasteiger partial charge is 0.477 e. The summed E-state index contributed by atoms with van der Waals surface area (Å²) < 4.78 is 5.00. The monoisotopic (exact) mass is 454 g/mol. The van der Waals surface area contributed by atoms with Crippen LogP contribution in [0.4, 0.5) is 0 Å². The van der Waals surface area contributed by atoms with E-state index in [1.165, 1.54) is 23.6 Å². The van der Waals surface area contributed by atoms with Crippen LogP contribution in [0.3, 0.4) is 0 Å². The Labute approximate surface area is 189 Å². The lowest BCUT2D eigenvalue weighted by atomic mass is 10.0. The molecular formula is C22H22N4O5S. The van der Waals surface area contributed by atoms with Crippen LogP contribution in [0.15, 0.2) is 60.1 Å². The Morgan fingerprint density at radius 1 is 1.16 bits per heavy atom. The number of pyridine rings is 2. The predicted molar refractivity (Wildman–Crippen MR) is 116 cm³/mol. The number of nitrogens with zero attached hydrogens (tertiary/aromatic N) is 4. The second-order valence-corrected chi connectivity index (χ2v) is 8.54. The third-order valence-electron chi connectivity index (χ3n) is 5.25. The van der Waals surface area contributed by atoms with Crippen molar-refractivity contribution < 1.29 is 24.2 Å². The number of thioether (sulfide) groups is 1. The number of hydrogen-bond acceptors (Lipinski definition) is 8. The van der Waals surface area contributed by atoms with Crippen molar-refractivity contribution in [2.24, 2.45) is 0 Å². The Balaban J connectivity index is 1.60. The second kappa shape index (κ2) is 9.49. The Morgan fingerprint density at radius 2 is 1.78 bits per heavy atom. The molecule has 0 bridgehead atoms. The van der Waals surface area contributed by atoms with Gasteiger partial charge < -0.3 is 9.84 Å². The summed E-state index contributed by atoms with van der Waals surface area (Å²) in [6.07, 6.45) is 3.40. The molecule has 0 spiro atoms. The molecule has 4 rings (SSSR count). The number of carboxylic acid groups (broad SMARTS) is 1. The maximum Gasteiger partial charge on any atom is 0.352 e. The lowest BCUT2D eigenvalue weighted by molar-refractivity contribution is -0.155. The zero-order valence-electron chi connectivity index (χ0n) is 17.4. The van der Waals surface area contributed by atoms with Gasteiger partial charge in [0.25, 0.3) is 0 Å². The Hall–Kier alpha value is -3.24. The van der Waals surface area contributed by atoms with E-state index in [1.807, 2.05) is 41.3 Å². The summed E-state index contributed by atoms with van der Waals surface area (Å²) in [7, 11) is 0. The highest BCUT2D eigenvalue weighted by atomic mass is 32.2. The summed E-state index contributed by atoms with van der Waals surface area (Å²) in [4.78, 5) is 48.4. The first-order valence-electron chi connectivity index (χ1n) is 10.0. The fourth-order valence-corrected chi connectivity index (χ4v) is 5.24. The number of amides is 1. The second-order valence-electron chi connectivity index (χ2n) is 7.44. The smallest absolute Gasteiger partial charge is 0.352 e. The molecule has 0 aromatic carbocycles. The molecule has 32 heavy (non-hydrogen) atoms. The van der Waals surface area contributed by atoms with Crippen LogP contribution in [-0.4, -0.2) is 66.5 Å². The van der Waals surface area contributed by atoms with Crippen molar-refractivity contribution >= 4 is 29.6 Å². The van der Waals surface area contributed by atoms with E-state index in [0.29, 0.717) is 24.4 Å². The minimum Gasteiger partial charge on any atom is -0.477 e. The highest BCUT2D eigenvalue weighted by Crippen LogP contribution is 2.43. The maximum absolute atomic E-state index is 13.2. The fraction of sp³-hybridized carbons (Fsp3) is 0.318. The zero-order chi connectivity index (χ0) is 22.7. The molecule has 2 aliphatic rings. The Bertz CT molecular complexity index is 1010. The summed E-state index contributed by atoms with van der Waals surface area (Å²) in [5.74, 6) is -1.64. The number of fused-ring (bicyclic) bond motifs is 1. The molecule has 2 aromatic heterocycles. The molecule has 1 amide bonds. The first-order chi connectivity index (χ1) is 15.5. The number of carbonyl (C=O) groups excluding carboxylic acids is 2. The third kappa shape index (κ3) is 4.51. The summed E-state index contributed by atoms with van der Waals surface area (Å²) in [6, 6.07) is 10.7. The van der Waals surface area contributed by atoms with Gasteiger partial charge in [0.15, 0.2) is 0 Å². The first kappa shape index (κ1) is 22.0. The van der Waals surface area contributed by atoms with Gasteiger partial charge in [0, 0.05) is 43.7 Å². The van der Waals surface area contributed by atoms with E-state index >= 15 is 0 Å². The summed E-state index contributed by atoms with van der Waals surface area (Å²) >= 11 is 1.47. The molecule has 0 saturated carbocycles. The van der Waals surface area contributed by atoms with Crippen LogP contribution in [0.1, 0.15) is 18.3 Å². The van der Waals surface area contributed by atoms with Gasteiger partial charge in [-0.1, -0.05) is 12.1 Å². The molecule has 0 aliphatic carbocycles. The molecular weight excluding hydrogens is 432 g/mol. The zero-order valence-corrected chi connectivity index (χ0v) is 18.2. The van der Waals surface area contributed by atoms with Crippen LogP contribution in [0, 0.1) is 0 Å². The number of aromatic nitrogens is 2. The maximum atomic E-state index is 13.2. The summed E-state index contributed by atoms with van der Waals surface area (Å²) in [5.41, 5.74) is 1.94. The van der Waals surface area contributed by atoms with E-state index in [9.17, 15) is 19.5 Å². The van der Waals surface area contributed by atoms with Gasteiger partial charge in [-0.15, -0.1) is 11.8 Å². The van der Waals surface area contributed by atoms with Crippen molar-refractivity contribution in [1.29, 1.82) is 0 Å². The minimum atomic E-state index is -1.20. The van der Waals surface area contributed by atoms with Crippen LogP contribution in [0.5, 0.6) is 0 Å². The number of esters is 1. The van der Waals surface area contributed by atoms with Crippen molar-refractivity contribution in [3.8, 4) is 0 Å². The standard InChI is InChI=1S/C22H22N4O5S/c1-14(27)31-12-15-13-32-21-19(20(28)26(21)18(15)22(29)30)25(10-16-6-2-4-8-23-16)11-17-7-3-5-9-24-17/h2-9,19,21H,10-13H2,1H3,(H,29,30)/t19-,21?/m1/s1. The molecule has 1 saturated heterocycles. The third-order valence-corrected chi connectivity index (χ3v) is 6.57. The fourth-order valence-electron chi connectivity index (χ4n) is 3.82. The highest BCUT2D eigenvalue weighted by Gasteiger charge is 2.55. The first-order valence-corrected chi connectivity index (χ1v) is 11.1. The lowest BCUT2D eigenvalue weighted by Gasteiger charge is -2.52. The van der Waals surface area contributed by atoms with Gasteiger partial charge in [-0.2, -0.15) is 0 Å². The van der Waals surface area contributed by atoms with Crippen LogP contribution in [0.25, 0.3) is 0 Å². The molecule has 0 radical (unpaired) electrons. The van der Waals surface area contributed by atoms with Crippen molar-refractivity contribution in [2.45, 2.75) is 31.4 Å². The van der Waals surface area contributed by atoms with Gasteiger partial charge in [0.2, 0.25) is 5.91 Å². The Morgan fingerprint density at radius 3 is 2.28 bits per heavy atom. The predicted octanol–water partition coefficient (Wildman–Crippen LogP) is 1.66. The lowest BCUT2D eigenvalue weighted by Crippen LogP contribution is -2.70. The molecule has 1 fully saturated rings. The normalized spacial score (nSPS) is 20.1. The number of β-lactam (4-membered cyclic amide) rings is 1. The molecule has 4 heterocycles. The molecule has 2 atom stereocenters. The molecule has 9 nitrogen and oxygen atoms in total. The Kier molecular flexibility index (Phi) is 6.52. The number of carboxylic acids is 1. The number of aliphatic carboxylic acids is 1. The van der Waals surface area contributed by atoms with E-state index < -0.39 is 18.0 Å². The topological polar surface area (TPSA) is 113 Å². The van der Waals surface area contributed by atoms with E-state index in [1.54, 1.807) is 12.4 Å². The van der Waals surface area contributed by atoms with Crippen molar-refractivity contribution in [2.75, 3.05) is 12.4 Å². The van der Waals surface area contributed by atoms with Crippen molar-refractivity contribution in [1.82, 2.24) is 19.8 Å². The van der Waals surface area contributed by atoms with E-state index in [-0.39, 0.29) is 23.6 Å². The summed E-state index contributed by atoms with van der Waals surface area (Å²) in [6.45, 7) is 1.96. The van der Waals surface area contributed by atoms with E-state index in [2.05, 4.69) is 9.97 Å². The average Bonchev–Trinajstić information content (AvgIpc) is 2.78. The van der Waals surface area contributed by atoms with Crippen LogP contribution in [0.2, 0.25) is 0 Å². The SMILES string of the molecule is CC(=O)OCC1=C(C(=O)O)N2C(=O)[C@@H](N(Cc3ccccn3)Cc3ccccn3)C2SC1. The number of hydrogen-bond donors (Lipinski definition) is 1. The highest BCUT2D eigenvalue weighted by molar-refractivity contribution is 8.00. The quantitative estimate of drug-likeness (QED) is 0.470. The molecule has 2 aromatic rings. The minimum absolute atomic E-state index is 0.0909. The van der Waals surface area contributed by atoms with Crippen molar-refractivity contribution in [3.05, 3.63) is 71.4 Å². The van der Waals surface area contributed by atoms with E-state index in [0.717, 1.165) is 11.4 Å². The van der Waals surface area contributed by atoms with Gasteiger partial charge in [-0.3, -0.25) is 29.4 Å². The average molecular weight is 455 g/mol. The van der Waals surface area contributed by atoms with Gasteiger partial charge in [0.1, 0.15) is 23.7 Å². The number of carbonyl (C=O) groups is 3.